The van der Waals surface area contributed by atoms with Gasteiger partial charge >= 0.3 is 17.2 Å². The molecule has 8 nitrogen and oxygen atoms in total. The summed E-state index contributed by atoms with van der Waals surface area (Å²) in [4.78, 5) is 33.6. The van der Waals surface area contributed by atoms with Gasteiger partial charge < -0.3 is 15.2 Å². The van der Waals surface area contributed by atoms with E-state index in [-0.39, 0.29) is 11.3 Å². The topological polar surface area (TPSA) is 119 Å². The zero-order valence-corrected chi connectivity index (χ0v) is 9.80. The molecule has 1 amide bonds. The number of carboxylic acids is 1. The van der Waals surface area contributed by atoms with Crippen molar-refractivity contribution in [2.45, 2.75) is 0 Å². The Labute approximate surface area is 106 Å². The molecule has 0 bridgehead atoms. The van der Waals surface area contributed by atoms with Gasteiger partial charge in [0, 0.05) is 5.69 Å². The van der Waals surface area contributed by atoms with Gasteiger partial charge in [0.15, 0.2) is 7.05 Å². The number of H-pyrrole nitrogens is 1. The molecular formula is C11H9N3O5. The molecule has 8 heteroatoms. The van der Waals surface area contributed by atoms with E-state index >= 15 is 0 Å². The maximum atomic E-state index is 11.8. The number of carbonyl (C=O) groups is 2. The summed E-state index contributed by atoms with van der Waals surface area (Å²) >= 11 is 0. The summed E-state index contributed by atoms with van der Waals surface area (Å²) in [5, 5.41) is 15.2. The molecule has 0 unspecified atom stereocenters. The molecule has 2 rings (SSSR count). The van der Waals surface area contributed by atoms with Gasteiger partial charge in [-0.15, -0.1) is 0 Å². The largest absolute Gasteiger partial charge is 0.545 e. The molecule has 0 radical (unpaired) electrons. The minimum Gasteiger partial charge on any atom is -0.545 e. The fraction of sp³-hybridized carbons (Fsp3) is 0.0909. The van der Waals surface area contributed by atoms with Crippen LogP contribution in [0.5, 0.6) is 0 Å². The van der Waals surface area contributed by atoms with Crippen molar-refractivity contribution in [1.82, 2.24) is 5.27 Å². The van der Waals surface area contributed by atoms with Crippen LogP contribution in [0.1, 0.15) is 20.8 Å². The lowest BCUT2D eigenvalue weighted by atomic mass is 10.2. The van der Waals surface area contributed by atoms with Gasteiger partial charge in [-0.05, 0) is 23.0 Å². The normalized spacial score (nSPS) is 10.2. The maximum Gasteiger partial charge on any atom is 0.440 e. The van der Waals surface area contributed by atoms with E-state index in [1.54, 1.807) is 0 Å². The van der Waals surface area contributed by atoms with Gasteiger partial charge in [-0.25, -0.2) is 4.79 Å². The molecule has 0 fully saturated rings. The monoisotopic (exact) mass is 263 g/mol. The standard InChI is InChI=1S/C11H9N3O5/c1-14-8(11(18)19-13-14)9(15)12-7-4-2-6(3-5-7)10(16)17/h2-5H,1H3,(H2-,12,13,15,16,17,18). The average molecular weight is 263 g/mol. The van der Waals surface area contributed by atoms with Crippen molar-refractivity contribution in [3.8, 4) is 0 Å². The number of rotatable bonds is 3. The molecule has 0 spiro atoms. The number of nitrogens with zero attached hydrogens (tertiary/aromatic N) is 1. The van der Waals surface area contributed by atoms with E-state index in [2.05, 4.69) is 15.1 Å². The van der Waals surface area contributed by atoms with Crippen LogP contribution in [-0.4, -0.2) is 17.1 Å². The number of amides is 1. The fourth-order valence-electron chi connectivity index (χ4n) is 1.47. The van der Waals surface area contributed by atoms with Crippen molar-refractivity contribution < 1.29 is 23.9 Å². The number of carbonyl (C=O) groups excluding carboxylic acids is 2. The highest BCUT2D eigenvalue weighted by molar-refractivity contribution is 6.01. The predicted molar refractivity (Wildman–Crippen MR) is 59.2 cm³/mol. The molecule has 98 valence electrons. The molecule has 1 aromatic carbocycles. The predicted octanol–water partition coefficient (Wildman–Crippen LogP) is -1.59. The summed E-state index contributed by atoms with van der Waals surface area (Å²) in [5.74, 6) is -1.98. The third-order valence-corrected chi connectivity index (χ3v) is 2.40. The number of benzene rings is 1. The van der Waals surface area contributed by atoms with Crippen molar-refractivity contribution in [3.63, 3.8) is 0 Å². The quantitative estimate of drug-likeness (QED) is 0.647. The van der Waals surface area contributed by atoms with Crippen molar-refractivity contribution in [1.29, 1.82) is 0 Å². The van der Waals surface area contributed by atoms with E-state index in [0.717, 1.165) is 4.68 Å². The Hall–Kier alpha value is -2.90. The number of hydrogen-bond acceptors (Lipinski definition) is 5. The van der Waals surface area contributed by atoms with E-state index < -0.39 is 17.5 Å². The molecule has 1 heterocycles. The molecule has 2 N–H and O–H groups in total. The van der Waals surface area contributed by atoms with E-state index in [9.17, 15) is 19.5 Å². The van der Waals surface area contributed by atoms with Crippen molar-refractivity contribution in [2.24, 2.45) is 7.05 Å². The number of aromatic carboxylic acids is 1. The van der Waals surface area contributed by atoms with Crippen LogP contribution in [0, 0.1) is 0 Å². The summed E-state index contributed by atoms with van der Waals surface area (Å²) < 4.78 is 5.57. The number of anilines is 1. The molecule has 19 heavy (non-hydrogen) atoms. The van der Waals surface area contributed by atoms with Crippen LogP contribution in [0.25, 0.3) is 0 Å². The SMILES string of the molecule is C[n+]1[nH]oc(=O)c1C(=O)Nc1ccc(C(=O)[O-])cc1. The van der Waals surface area contributed by atoms with Crippen LogP contribution in [-0.2, 0) is 7.05 Å². The number of aryl methyl sites for hydroxylation is 1. The molecule has 2 aromatic rings. The van der Waals surface area contributed by atoms with Crippen LogP contribution < -0.4 is 20.7 Å². The molecule has 0 aliphatic rings. The Balaban J connectivity index is 2.20. The van der Waals surface area contributed by atoms with Crippen LogP contribution in [0.4, 0.5) is 5.69 Å². The Kier molecular flexibility index (Phi) is 3.15. The zero-order chi connectivity index (χ0) is 14.0. The second kappa shape index (κ2) is 4.77. The first kappa shape index (κ1) is 12.6. The summed E-state index contributed by atoms with van der Waals surface area (Å²) in [7, 11) is 1.44. The van der Waals surface area contributed by atoms with Gasteiger partial charge in [0.2, 0.25) is 0 Å². The number of carboxylic acid groups (broad SMARTS) is 1. The van der Waals surface area contributed by atoms with Crippen molar-refractivity contribution in [2.75, 3.05) is 5.32 Å². The second-order valence-electron chi connectivity index (χ2n) is 3.71. The van der Waals surface area contributed by atoms with Crippen LogP contribution in [0.3, 0.4) is 0 Å². The molecule has 0 saturated carbocycles. The summed E-state index contributed by atoms with van der Waals surface area (Å²) in [6.07, 6.45) is 0. The van der Waals surface area contributed by atoms with Crippen LogP contribution in [0.15, 0.2) is 33.6 Å². The third kappa shape index (κ3) is 2.51. The smallest absolute Gasteiger partial charge is 0.440 e. The lowest BCUT2D eigenvalue weighted by Crippen LogP contribution is -2.41. The Bertz CT molecular complexity index is 683. The Morgan fingerprint density at radius 3 is 2.42 bits per heavy atom. The first-order valence-corrected chi connectivity index (χ1v) is 5.19. The lowest BCUT2D eigenvalue weighted by Gasteiger charge is -2.04. The summed E-state index contributed by atoms with van der Waals surface area (Å²) in [5.41, 5.74) is -0.671. The van der Waals surface area contributed by atoms with Crippen molar-refractivity contribution >= 4 is 17.6 Å². The van der Waals surface area contributed by atoms with Crippen LogP contribution in [0.2, 0.25) is 0 Å². The fourth-order valence-corrected chi connectivity index (χ4v) is 1.47. The lowest BCUT2D eigenvalue weighted by molar-refractivity contribution is -0.741. The van der Waals surface area contributed by atoms with E-state index in [1.807, 2.05) is 0 Å². The highest BCUT2D eigenvalue weighted by Gasteiger charge is 2.26. The van der Waals surface area contributed by atoms with Gasteiger partial charge in [0.1, 0.15) is 0 Å². The number of aromatic amines is 1. The van der Waals surface area contributed by atoms with Gasteiger partial charge in [-0.1, -0.05) is 16.8 Å². The average Bonchev–Trinajstić information content (AvgIpc) is 2.69. The van der Waals surface area contributed by atoms with E-state index in [4.69, 9.17) is 0 Å². The maximum absolute atomic E-state index is 11.8. The van der Waals surface area contributed by atoms with Crippen LogP contribution >= 0.6 is 0 Å². The van der Waals surface area contributed by atoms with E-state index in [0.29, 0.717) is 5.69 Å². The second-order valence-corrected chi connectivity index (χ2v) is 3.71. The van der Waals surface area contributed by atoms with Gasteiger partial charge in [0.25, 0.3) is 0 Å². The van der Waals surface area contributed by atoms with Gasteiger partial charge in [-0.3, -0.25) is 9.32 Å². The molecule has 1 aromatic heterocycles. The number of hydrogen-bond donors (Lipinski definition) is 2. The summed E-state index contributed by atoms with van der Waals surface area (Å²) in [6.45, 7) is 0. The molecule has 0 aliphatic heterocycles. The minimum absolute atomic E-state index is 0.00953. The van der Waals surface area contributed by atoms with E-state index in [1.165, 1.54) is 31.3 Å². The molecule has 0 atom stereocenters. The molecule has 0 aliphatic carbocycles. The van der Waals surface area contributed by atoms with Gasteiger partial charge in [-0.2, -0.15) is 0 Å². The van der Waals surface area contributed by atoms with Crippen molar-refractivity contribution in [3.05, 3.63) is 45.9 Å². The highest BCUT2D eigenvalue weighted by atomic mass is 16.5. The number of nitrogens with one attached hydrogen (secondary N) is 2. The first-order valence-electron chi connectivity index (χ1n) is 5.19. The molecule has 0 saturated heterocycles. The summed E-state index contributed by atoms with van der Waals surface area (Å²) in [6, 6.07) is 5.34. The molecular weight excluding hydrogens is 254 g/mol. The first-order chi connectivity index (χ1) is 8.99. The highest BCUT2D eigenvalue weighted by Crippen LogP contribution is 2.09. The van der Waals surface area contributed by atoms with Gasteiger partial charge in [0.05, 0.1) is 5.97 Å². The minimum atomic E-state index is -1.31. The number of aromatic nitrogens is 2. The Morgan fingerprint density at radius 1 is 1.32 bits per heavy atom. The Morgan fingerprint density at radius 2 is 1.95 bits per heavy atom. The zero-order valence-electron chi connectivity index (χ0n) is 9.80. The third-order valence-electron chi connectivity index (χ3n) is 2.40.